The van der Waals surface area contributed by atoms with Crippen LogP contribution in [0.4, 0.5) is 4.79 Å². The number of amides is 2. The third kappa shape index (κ3) is 6.10. The number of hydrogen-bond donors (Lipinski definition) is 1. The van der Waals surface area contributed by atoms with E-state index in [4.69, 9.17) is 44.5 Å². The second-order valence-electron chi connectivity index (χ2n) is 13.4. The predicted octanol–water partition coefficient (Wildman–Crippen LogP) is 7.93. The molecule has 3 heterocycles. The van der Waals surface area contributed by atoms with E-state index in [2.05, 4.69) is 5.32 Å². The van der Waals surface area contributed by atoms with Crippen molar-refractivity contribution in [3.63, 3.8) is 0 Å². The molecule has 2 amide bonds. The lowest BCUT2D eigenvalue weighted by Gasteiger charge is -2.49. The number of carbonyl (C=O) groups excluding carboxylic acids is 1. The molecule has 3 aromatic carbocycles. The van der Waals surface area contributed by atoms with Gasteiger partial charge in [0.2, 0.25) is 0 Å². The summed E-state index contributed by atoms with van der Waals surface area (Å²) in [5.41, 5.74) is 0.0228. The molecule has 1 spiro atoms. The molecule has 2 unspecified atom stereocenters. The highest BCUT2D eigenvalue weighted by molar-refractivity contribution is 7.90. The lowest BCUT2D eigenvalue weighted by atomic mass is 9.70. The summed E-state index contributed by atoms with van der Waals surface area (Å²) in [5.74, 6) is 0.625. The monoisotopic (exact) mass is 730 g/mol. The molecule has 8 nitrogen and oxygen atoms in total. The minimum atomic E-state index is -3.75. The molecule has 0 aromatic heterocycles. The van der Waals surface area contributed by atoms with E-state index >= 15 is 4.79 Å². The number of urea groups is 1. The van der Waals surface area contributed by atoms with Crippen LogP contribution in [0.1, 0.15) is 63.1 Å². The van der Waals surface area contributed by atoms with Crippen LogP contribution in [0, 0.1) is 5.41 Å². The van der Waals surface area contributed by atoms with Gasteiger partial charge in [0.05, 0.1) is 22.1 Å². The lowest BCUT2D eigenvalue weighted by Crippen LogP contribution is -2.59. The number of piperidine rings is 2. The van der Waals surface area contributed by atoms with Crippen LogP contribution in [0.25, 0.3) is 0 Å². The minimum Gasteiger partial charge on any atom is -0.493 e. The maximum absolute atomic E-state index is 15.2. The smallest absolute Gasteiger partial charge is 0.326 e. The maximum Gasteiger partial charge on any atom is 0.326 e. The van der Waals surface area contributed by atoms with Crippen LogP contribution in [-0.2, 0) is 20.9 Å². The summed E-state index contributed by atoms with van der Waals surface area (Å²) in [7, 11) is -3.75. The summed E-state index contributed by atoms with van der Waals surface area (Å²) >= 11 is 19.3. The Morgan fingerprint density at radius 2 is 1.46 bits per heavy atom. The fourth-order valence-corrected chi connectivity index (χ4v) is 9.18. The standard InChI is InChI=1S/C36H41Cl3N4O4S/c1-5-47-30-23-29(39)31(48(4,45)46)22-28(30)32-41-34(2,24-6-10-26(37)11-7-24)35(3,25-8-12-27(38)13-9-25)43(32)33(44)42-20-16-36(17-21-42)14-18-40-19-15-36/h6-13,22-23,40H,5,14-21H2,1-4H3. The van der Waals surface area contributed by atoms with E-state index in [9.17, 15) is 8.42 Å². The van der Waals surface area contributed by atoms with Crippen molar-refractivity contribution in [3.8, 4) is 5.75 Å². The number of ether oxygens (including phenoxy) is 1. The van der Waals surface area contributed by atoms with Gasteiger partial charge in [-0.3, -0.25) is 9.89 Å². The first-order chi connectivity index (χ1) is 22.7. The Hall–Kier alpha value is -2.82. The fourth-order valence-electron chi connectivity index (χ4n) is 7.61. The first-order valence-electron chi connectivity index (χ1n) is 16.3. The van der Waals surface area contributed by atoms with Gasteiger partial charge in [-0.1, -0.05) is 59.1 Å². The number of benzene rings is 3. The van der Waals surface area contributed by atoms with Crippen LogP contribution in [-0.4, -0.2) is 69.1 Å². The lowest BCUT2D eigenvalue weighted by molar-refractivity contribution is 0.0623. The van der Waals surface area contributed by atoms with Crippen LogP contribution in [0.2, 0.25) is 15.1 Å². The summed E-state index contributed by atoms with van der Waals surface area (Å²) in [4.78, 5) is 24.2. The molecule has 0 aliphatic carbocycles. The number of likely N-dealkylation sites (tertiary alicyclic amines) is 1. The topological polar surface area (TPSA) is 91.3 Å². The van der Waals surface area contributed by atoms with Crippen molar-refractivity contribution in [2.75, 3.05) is 39.0 Å². The molecule has 1 N–H and O–H groups in total. The highest BCUT2D eigenvalue weighted by Crippen LogP contribution is 2.54. The van der Waals surface area contributed by atoms with Gasteiger partial charge < -0.3 is 15.0 Å². The van der Waals surface area contributed by atoms with E-state index < -0.39 is 20.9 Å². The maximum atomic E-state index is 15.2. The Morgan fingerprint density at radius 1 is 0.896 bits per heavy atom. The van der Waals surface area contributed by atoms with Crippen molar-refractivity contribution in [1.82, 2.24) is 15.1 Å². The molecule has 2 saturated heterocycles. The van der Waals surface area contributed by atoms with E-state index in [0.717, 1.165) is 56.2 Å². The van der Waals surface area contributed by atoms with E-state index in [1.807, 2.05) is 74.2 Å². The summed E-state index contributed by atoms with van der Waals surface area (Å²) in [6, 6.07) is 17.7. The summed E-state index contributed by atoms with van der Waals surface area (Å²) in [5, 5.41) is 4.63. The molecule has 3 aliphatic heterocycles. The second kappa shape index (κ2) is 13.1. The molecule has 12 heteroatoms. The van der Waals surface area contributed by atoms with Crippen LogP contribution >= 0.6 is 34.8 Å². The van der Waals surface area contributed by atoms with Crippen molar-refractivity contribution in [1.29, 1.82) is 0 Å². The van der Waals surface area contributed by atoms with Gasteiger partial charge in [-0.2, -0.15) is 0 Å². The summed E-state index contributed by atoms with van der Waals surface area (Å²) in [6.07, 6.45) is 5.13. The molecule has 2 atom stereocenters. The third-order valence-corrected chi connectivity index (χ3v) is 12.7. The van der Waals surface area contributed by atoms with Gasteiger partial charge >= 0.3 is 6.03 Å². The number of halogens is 3. The molecular formula is C36H41Cl3N4O4S. The molecular weight excluding hydrogens is 691 g/mol. The van der Waals surface area contributed by atoms with E-state index in [0.29, 0.717) is 40.3 Å². The molecule has 3 aromatic rings. The first-order valence-corrected chi connectivity index (χ1v) is 19.3. The normalized spacial score (nSPS) is 24.1. The number of amidine groups is 1. The van der Waals surface area contributed by atoms with Crippen LogP contribution in [0.15, 0.2) is 70.6 Å². The van der Waals surface area contributed by atoms with Crippen LogP contribution in [0.3, 0.4) is 0 Å². The Morgan fingerprint density at radius 3 is 2.00 bits per heavy atom. The number of sulfone groups is 1. The average molecular weight is 732 g/mol. The highest BCUT2D eigenvalue weighted by Gasteiger charge is 2.60. The SMILES string of the molecule is CCOc1cc(Cl)c(S(C)(=O)=O)cc1C1=NC(C)(c2ccc(Cl)cc2)C(C)(c2ccc(Cl)cc2)N1C(=O)N1CCC2(CCNCC2)CC1. The Labute approximate surface area is 298 Å². The van der Waals surface area contributed by atoms with Gasteiger partial charge in [-0.05, 0) is 106 Å². The molecule has 6 rings (SSSR count). The van der Waals surface area contributed by atoms with Crippen molar-refractivity contribution in [2.24, 2.45) is 10.4 Å². The van der Waals surface area contributed by atoms with Crippen molar-refractivity contribution in [2.45, 2.75) is 62.4 Å². The molecule has 256 valence electrons. The number of nitrogens with one attached hydrogen (secondary N) is 1. The van der Waals surface area contributed by atoms with Gasteiger partial charge in [0.25, 0.3) is 0 Å². The van der Waals surface area contributed by atoms with Gasteiger partial charge in [-0.15, -0.1) is 0 Å². The van der Waals surface area contributed by atoms with E-state index in [1.54, 1.807) is 4.90 Å². The minimum absolute atomic E-state index is 0.0328. The molecule has 2 fully saturated rings. The van der Waals surface area contributed by atoms with Crippen molar-refractivity contribution < 1.29 is 17.9 Å². The second-order valence-corrected chi connectivity index (χ2v) is 16.7. The van der Waals surface area contributed by atoms with Crippen molar-refractivity contribution in [3.05, 3.63) is 92.4 Å². The zero-order valence-corrected chi connectivity index (χ0v) is 30.7. The number of aliphatic imine (C=N–C) groups is 1. The third-order valence-electron chi connectivity index (χ3n) is 10.7. The Bertz CT molecular complexity index is 1840. The summed E-state index contributed by atoms with van der Waals surface area (Å²) < 4.78 is 32.0. The zero-order valence-electron chi connectivity index (χ0n) is 27.7. The summed E-state index contributed by atoms with van der Waals surface area (Å²) in [6.45, 7) is 9.30. The number of rotatable bonds is 6. The molecule has 48 heavy (non-hydrogen) atoms. The Kier molecular flexibility index (Phi) is 9.59. The largest absolute Gasteiger partial charge is 0.493 e. The first kappa shape index (κ1) is 35.0. The number of hydrogen-bond acceptors (Lipinski definition) is 6. The molecule has 0 saturated carbocycles. The fraction of sp³-hybridized carbons (Fsp3) is 0.444. The molecule has 3 aliphatic rings. The number of nitrogens with zero attached hydrogens (tertiary/aromatic N) is 3. The van der Waals surface area contributed by atoms with Crippen molar-refractivity contribution >= 4 is 56.5 Å². The van der Waals surface area contributed by atoms with Gasteiger partial charge in [0.15, 0.2) is 9.84 Å². The van der Waals surface area contributed by atoms with Crippen LogP contribution in [0.5, 0.6) is 5.75 Å². The predicted molar refractivity (Wildman–Crippen MR) is 192 cm³/mol. The van der Waals surface area contributed by atoms with E-state index in [-0.39, 0.29) is 28.0 Å². The quantitative estimate of drug-likeness (QED) is 0.278. The van der Waals surface area contributed by atoms with Crippen LogP contribution < -0.4 is 10.1 Å². The molecule has 0 radical (unpaired) electrons. The zero-order chi connectivity index (χ0) is 34.5. The number of carbonyl (C=O) groups is 1. The molecule has 0 bridgehead atoms. The van der Waals surface area contributed by atoms with Gasteiger partial charge in [0, 0.05) is 35.5 Å². The van der Waals surface area contributed by atoms with Gasteiger partial charge in [0.1, 0.15) is 22.7 Å². The van der Waals surface area contributed by atoms with Gasteiger partial charge in [-0.25, -0.2) is 13.2 Å². The van der Waals surface area contributed by atoms with E-state index in [1.165, 1.54) is 12.1 Å². The average Bonchev–Trinajstić information content (AvgIpc) is 3.29. The highest BCUT2D eigenvalue weighted by atomic mass is 35.5. The Balaban J connectivity index is 1.59.